The Bertz CT molecular complexity index is 315. The third kappa shape index (κ3) is 2.21. The van der Waals surface area contributed by atoms with Crippen molar-refractivity contribution in [3.63, 3.8) is 0 Å². The number of hydrogen-bond donors (Lipinski definition) is 3. The minimum absolute atomic E-state index is 0.148. The van der Waals surface area contributed by atoms with Gasteiger partial charge in [-0.1, -0.05) is 12.1 Å². The van der Waals surface area contributed by atoms with Gasteiger partial charge in [-0.3, -0.25) is 0 Å². The van der Waals surface area contributed by atoms with Gasteiger partial charge in [0.05, 0.1) is 6.10 Å². The number of phenolic OH excluding ortho intramolecular Hbond substituents is 1. The average molecular weight is 199 g/mol. The number of aliphatic hydroxyl groups is 1. The van der Waals surface area contributed by atoms with E-state index in [-0.39, 0.29) is 11.3 Å². The summed E-state index contributed by atoms with van der Waals surface area (Å²) in [5.41, 5.74) is 6.19. The maximum atomic E-state index is 12.2. The highest BCUT2D eigenvalue weighted by Crippen LogP contribution is 2.24. The van der Waals surface area contributed by atoms with Gasteiger partial charge < -0.3 is 15.9 Å². The van der Waals surface area contributed by atoms with Crippen molar-refractivity contribution < 1.29 is 14.6 Å². The summed E-state index contributed by atoms with van der Waals surface area (Å²) in [4.78, 5) is 0. The van der Waals surface area contributed by atoms with Gasteiger partial charge in [0.2, 0.25) is 0 Å². The summed E-state index contributed by atoms with van der Waals surface area (Å²) in [7, 11) is 0. The summed E-state index contributed by atoms with van der Waals surface area (Å²) in [5, 5.41) is 18.9. The zero-order chi connectivity index (χ0) is 10.7. The summed E-state index contributed by atoms with van der Waals surface area (Å²) >= 11 is 0. The van der Waals surface area contributed by atoms with Gasteiger partial charge in [-0.25, -0.2) is 4.39 Å². The molecular weight excluding hydrogens is 185 g/mol. The Morgan fingerprint density at radius 3 is 2.57 bits per heavy atom. The Balaban J connectivity index is 2.96. The number of rotatable bonds is 3. The minimum Gasteiger partial charge on any atom is -0.508 e. The smallest absolute Gasteiger partial charge is 0.121 e. The van der Waals surface area contributed by atoms with Gasteiger partial charge in [0.15, 0.2) is 0 Å². The van der Waals surface area contributed by atoms with E-state index >= 15 is 0 Å². The van der Waals surface area contributed by atoms with E-state index in [1.54, 1.807) is 13.0 Å². The quantitative estimate of drug-likeness (QED) is 0.686. The van der Waals surface area contributed by atoms with Crippen molar-refractivity contribution in [2.75, 3.05) is 0 Å². The Kier molecular flexibility index (Phi) is 3.43. The van der Waals surface area contributed by atoms with Crippen LogP contribution >= 0.6 is 0 Å². The molecule has 4 heteroatoms. The maximum Gasteiger partial charge on any atom is 0.121 e. The SMILES string of the molecule is CC(N)C(O)c1ccc(CF)c(O)c1. The summed E-state index contributed by atoms with van der Waals surface area (Å²) < 4.78 is 12.2. The minimum atomic E-state index is -0.838. The van der Waals surface area contributed by atoms with Crippen LogP contribution in [0.5, 0.6) is 5.75 Å². The van der Waals surface area contributed by atoms with Crippen LogP contribution in [0.3, 0.4) is 0 Å². The third-order valence-corrected chi connectivity index (χ3v) is 2.09. The molecule has 4 N–H and O–H groups in total. The number of phenols is 1. The van der Waals surface area contributed by atoms with Crippen molar-refractivity contribution in [1.82, 2.24) is 0 Å². The molecule has 0 aromatic heterocycles. The highest BCUT2D eigenvalue weighted by Gasteiger charge is 2.13. The van der Waals surface area contributed by atoms with Crippen molar-refractivity contribution in [3.8, 4) is 5.75 Å². The van der Waals surface area contributed by atoms with E-state index in [1.807, 2.05) is 0 Å². The molecule has 14 heavy (non-hydrogen) atoms. The number of hydrogen-bond acceptors (Lipinski definition) is 3. The van der Waals surface area contributed by atoms with Gasteiger partial charge in [-0.2, -0.15) is 0 Å². The molecule has 0 spiro atoms. The van der Waals surface area contributed by atoms with Gasteiger partial charge >= 0.3 is 0 Å². The van der Waals surface area contributed by atoms with Gasteiger partial charge in [-0.15, -0.1) is 0 Å². The number of aliphatic hydroxyl groups excluding tert-OH is 1. The molecule has 0 heterocycles. The van der Waals surface area contributed by atoms with Crippen LogP contribution in [0.4, 0.5) is 4.39 Å². The highest BCUT2D eigenvalue weighted by atomic mass is 19.1. The van der Waals surface area contributed by atoms with Crippen LogP contribution in [0.15, 0.2) is 18.2 Å². The highest BCUT2D eigenvalue weighted by molar-refractivity contribution is 5.37. The number of aromatic hydroxyl groups is 1. The third-order valence-electron chi connectivity index (χ3n) is 2.09. The molecule has 78 valence electrons. The van der Waals surface area contributed by atoms with Gasteiger partial charge in [0.25, 0.3) is 0 Å². The standard InChI is InChI=1S/C10H14FNO2/c1-6(12)10(14)7-2-3-8(5-11)9(13)4-7/h2-4,6,10,13-14H,5,12H2,1H3. The number of halogens is 1. The zero-order valence-corrected chi connectivity index (χ0v) is 7.94. The lowest BCUT2D eigenvalue weighted by Crippen LogP contribution is -2.24. The monoisotopic (exact) mass is 199 g/mol. The van der Waals surface area contributed by atoms with E-state index in [4.69, 9.17) is 5.73 Å². The topological polar surface area (TPSA) is 66.5 Å². The van der Waals surface area contributed by atoms with Crippen LogP contribution in [0, 0.1) is 0 Å². The molecule has 0 bridgehead atoms. The predicted molar refractivity (Wildman–Crippen MR) is 51.5 cm³/mol. The zero-order valence-electron chi connectivity index (χ0n) is 7.94. The van der Waals surface area contributed by atoms with Crippen molar-refractivity contribution >= 4 is 0 Å². The molecule has 1 aromatic rings. The fourth-order valence-corrected chi connectivity index (χ4v) is 1.18. The second-order valence-corrected chi connectivity index (χ2v) is 3.33. The molecule has 2 unspecified atom stereocenters. The molecule has 1 rings (SSSR count). The second kappa shape index (κ2) is 4.39. The lowest BCUT2D eigenvalue weighted by molar-refractivity contribution is 0.153. The van der Waals surface area contributed by atoms with E-state index in [2.05, 4.69) is 0 Å². The molecule has 0 aliphatic heterocycles. The molecular formula is C10H14FNO2. The van der Waals surface area contributed by atoms with Crippen LogP contribution in [-0.4, -0.2) is 16.3 Å². The van der Waals surface area contributed by atoms with Crippen molar-refractivity contribution in [2.45, 2.75) is 25.7 Å². The van der Waals surface area contributed by atoms with Gasteiger partial charge in [0, 0.05) is 11.6 Å². The van der Waals surface area contributed by atoms with Gasteiger partial charge in [-0.05, 0) is 18.6 Å². The predicted octanol–water partition coefficient (Wildman–Crippen LogP) is 1.24. The molecule has 2 atom stereocenters. The first-order valence-electron chi connectivity index (χ1n) is 4.37. The molecule has 0 saturated heterocycles. The molecule has 0 aliphatic rings. The molecule has 0 amide bonds. The summed E-state index contributed by atoms with van der Waals surface area (Å²) in [5.74, 6) is -0.148. The average Bonchev–Trinajstić information content (AvgIpc) is 2.16. The molecule has 0 saturated carbocycles. The molecule has 1 aromatic carbocycles. The van der Waals surface area contributed by atoms with Crippen molar-refractivity contribution in [1.29, 1.82) is 0 Å². The van der Waals surface area contributed by atoms with E-state index in [0.717, 1.165) is 0 Å². The van der Waals surface area contributed by atoms with Crippen molar-refractivity contribution in [2.24, 2.45) is 5.73 Å². The largest absolute Gasteiger partial charge is 0.508 e. The Labute approximate surface area is 82.0 Å². The first-order valence-corrected chi connectivity index (χ1v) is 4.37. The maximum absolute atomic E-state index is 12.2. The van der Waals surface area contributed by atoms with Gasteiger partial charge in [0.1, 0.15) is 12.4 Å². The fraction of sp³-hybridized carbons (Fsp3) is 0.400. The van der Waals surface area contributed by atoms with Crippen LogP contribution < -0.4 is 5.73 Å². The van der Waals surface area contributed by atoms with Crippen LogP contribution in [-0.2, 0) is 6.67 Å². The van der Waals surface area contributed by atoms with Crippen LogP contribution in [0.1, 0.15) is 24.2 Å². The Morgan fingerprint density at radius 2 is 2.14 bits per heavy atom. The number of alkyl halides is 1. The lowest BCUT2D eigenvalue weighted by Gasteiger charge is -2.15. The van der Waals surface area contributed by atoms with Crippen LogP contribution in [0.2, 0.25) is 0 Å². The Morgan fingerprint density at radius 1 is 1.50 bits per heavy atom. The first-order chi connectivity index (χ1) is 6.56. The number of nitrogens with two attached hydrogens (primary N) is 1. The van der Waals surface area contributed by atoms with Crippen molar-refractivity contribution in [3.05, 3.63) is 29.3 Å². The molecule has 0 aliphatic carbocycles. The van der Waals surface area contributed by atoms with E-state index in [9.17, 15) is 14.6 Å². The van der Waals surface area contributed by atoms with Crippen LogP contribution in [0.25, 0.3) is 0 Å². The van der Waals surface area contributed by atoms with E-state index in [1.165, 1.54) is 12.1 Å². The molecule has 3 nitrogen and oxygen atoms in total. The second-order valence-electron chi connectivity index (χ2n) is 3.33. The van der Waals surface area contributed by atoms with E-state index in [0.29, 0.717) is 5.56 Å². The summed E-state index contributed by atoms with van der Waals surface area (Å²) in [6.45, 7) is 0.936. The van der Waals surface area contributed by atoms with E-state index < -0.39 is 18.8 Å². The first kappa shape index (κ1) is 10.9. The summed E-state index contributed by atoms with van der Waals surface area (Å²) in [6.07, 6.45) is -0.838. The normalized spacial score (nSPS) is 15.1. The lowest BCUT2D eigenvalue weighted by atomic mass is 10.0. The summed E-state index contributed by atoms with van der Waals surface area (Å²) in [6, 6.07) is 3.91. The Hall–Kier alpha value is -1.13. The molecule has 0 radical (unpaired) electrons. The fourth-order valence-electron chi connectivity index (χ4n) is 1.18. The molecule has 0 fully saturated rings. The number of benzene rings is 1.